The molecular formula is C15H24N2O3S. The second-order valence-corrected chi connectivity index (χ2v) is 7.69. The molecule has 1 heterocycles. The predicted molar refractivity (Wildman–Crippen MR) is 82.8 cm³/mol. The van der Waals surface area contributed by atoms with Gasteiger partial charge < -0.3 is 10.1 Å². The van der Waals surface area contributed by atoms with Crippen LogP contribution >= 0.6 is 0 Å². The first-order valence-electron chi connectivity index (χ1n) is 7.14. The van der Waals surface area contributed by atoms with Crippen molar-refractivity contribution in [3.8, 4) is 0 Å². The zero-order valence-electron chi connectivity index (χ0n) is 13.1. The third kappa shape index (κ3) is 3.63. The Morgan fingerprint density at radius 2 is 2.05 bits per heavy atom. The molecule has 0 bridgehead atoms. The summed E-state index contributed by atoms with van der Waals surface area (Å²) < 4.78 is 33.6. The maximum Gasteiger partial charge on any atom is 0.241 e. The van der Waals surface area contributed by atoms with Crippen molar-refractivity contribution in [2.45, 2.75) is 44.2 Å². The van der Waals surface area contributed by atoms with E-state index in [0.29, 0.717) is 31.1 Å². The van der Waals surface area contributed by atoms with Crippen molar-refractivity contribution in [3.63, 3.8) is 0 Å². The van der Waals surface area contributed by atoms with Crippen LogP contribution < -0.4 is 10.0 Å². The van der Waals surface area contributed by atoms with Crippen LogP contribution in [0.3, 0.4) is 0 Å². The first-order chi connectivity index (χ1) is 9.77. The van der Waals surface area contributed by atoms with Crippen molar-refractivity contribution in [2.75, 3.05) is 20.3 Å². The molecule has 118 valence electrons. The van der Waals surface area contributed by atoms with E-state index in [0.717, 1.165) is 16.7 Å². The van der Waals surface area contributed by atoms with Gasteiger partial charge in [0.05, 0.1) is 17.0 Å². The molecule has 1 aliphatic heterocycles. The molecule has 1 saturated heterocycles. The minimum absolute atomic E-state index is 0.362. The number of hydrogen-bond acceptors (Lipinski definition) is 4. The van der Waals surface area contributed by atoms with E-state index in [9.17, 15) is 8.42 Å². The van der Waals surface area contributed by atoms with Crippen molar-refractivity contribution >= 4 is 10.0 Å². The molecule has 1 aromatic rings. The number of rotatable bonds is 5. The van der Waals surface area contributed by atoms with E-state index >= 15 is 0 Å². The van der Waals surface area contributed by atoms with Gasteiger partial charge in [0, 0.05) is 13.2 Å². The highest BCUT2D eigenvalue weighted by atomic mass is 32.2. The summed E-state index contributed by atoms with van der Waals surface area (Å²) in [5, 5.41) is 3.05. The first-order valence-corrected chi connectivity index (χ1v) is 8.62. The van der Waals surface area contributed by atoms with Gasteiger partial charge in [0.2, 0.25) is 10.0 Å². The van der Waals surface area contributed by atoms with Crippen LogP contribution in [0.5, 0.6) is 0 Å². The highest BCUT2D eigenvalue weighted by Crippen LogP contribution is 2.25. The van der Waals surface area contributed by atoms with Crippen LogP contribution in [0.2, 0.25) is 0 Å². The van der Waals surface area contributed by atoms with E-state index in [2.05, 4.69) is 10.0 Å². The van der Waals surface area contributed by atoms with Gasteiger partial charge in [-0.3, -0.25) is 0 Å². The highest BCUT2D eigenvalue weighted by molar-refractivity contribution is 7.89. The Bertz CT molecular complexity index is 620. The summed E-state index contributed by atoms with van der Waals surface area (Å²) in [7, 11) is -1.71. The zero-order chi connectivity index (χ0) is 15.7. The molecule has 1 unspecified atom stereocenters. The van der Waals surface area contributed by atoms with Crippen LogP contribution in [-0.2, 0) is 21.3 Å². The largest absolute Gasteiger partial charge is 0.379 e. The molecule has 2 rings (SSSR count). The van der Waals surface area contributed by atoms with Crippen LogP contribution in [0.15, 0.2) is 17.0 Å². The van der Waals surface area contributed by atoms with Crippen molar-refractivity contribution in [3.05, 3.63) is 28.8 Å². The Labute approximate surface area is 127 Å². The third-order valence-electron chi connectivity index (χ3n) is 3.95. The zero-order valence-corrected chi connectivity index (χ0v) is 13.9. The normalized spacial score (nSPS) is 22.7. The van der Waals surface area contributed by atoms with Crippen LogP contribution in [0.1, 0.15) is 30.0 Å². The predicted octanol–water partition coefficient (Wildman–Crippen LogP) is 1.48. The minimum Gasteiger partial charge on any atom is -0.379 e. The maximum atomic E-state index is 12.7. The van der Waals surface area contributed by atoms with Crippen LogP contribution in [-0.4, -0.2) is 34.2 Å². The molecule has 0 radical (unpaired) electrons. The van der Waals surface area contributed by atoms with Gasteiger partial charge >= 0.3 is 0 Å². The smallest absolute Gasteiger partial charge is 0.241 e. The van der Waals surface area contributed by atoms with Gasteiger partial charge in [-0.1, -0.05) is 6.07 Å². The van der Waals surface area contributed by atoms with Gasteiger partial charge in [0.1, 0.15) is 0 Å². The van der Waals surface area contributed by atoms with Gasteiger partial charge in [0.15, 0.2) is 0 Å². The first kappa shape index (κ1) is 16.4. The van der Waals surface area contributed by atoms with E-state index in [-0.39, 0.29) is 0 Å². The quantitative estimate of drug-likeness (QED) is 0.864. The molecule has 0 spiro atoms. The summed E-state index contributed by atoms with van der Waals surface area (Å²) in [4.78, 5) is 0.362. The van der Waals surface area contributed by atoms with Gasteiger partial charge in [-0.2, -0.15) is 0 Å². The van der Waals surface area contributed by atoms with Crippen molar-refractivity contribution in [1.29, 1.82) is 0 Å². The van der Waals surface area contributed by atoms with E-state index in [1.54, 1.807) is 6.07 Å². The van der Waals surface area contributed by atoms with Gasteiger partial charge in [-0.25, -0.2) is 13.1 Å². The molecular weight excluding hydrogens is 288 g/mol. The monoisotopic (exact) mass is 312 g/mol. The fraction of sp³-hybridized carbons (Fsp3) is 0.600. The molecule has 1 fully saturated rings. The fourth-order valence-electron chi connectivity index (χ4n) is 2.61. The Morgan fingerprint density at radius 1 is 1.33 bits per heavy atom. The maximum absolute atomic E-state index is 12.7. The van der Waals surface area contributed by atoms with E-state index in [1.807, 2.05) is 33.9 Å². The Morgan fingerprint density at radius 3 is 2.62 bits per heavy atom. The number of aryl methyl sites for hydroxylation is 1. The molecule has 21 heavy (non-hydrogen) atoms. The van der Waals surface area contributed by atoms with Crippen LogP contribution in [0.4, 0.5) is 0 Å². The minimum atomic E-state index is -3.55. The average molecular weight is 312 g/mol. The van der Waals surface area contributed by atoms with Crippen molar-refractivity contribution in [2.24, 2.45) is 0 Å². The van der Waals surface area contributed by atoms with Gasteiger partial charge in [-0.05, 0) is 57.0 Å². The molecule has 6 heteroatoms. The topological polar surface area (TPSA) is 67.4 Å². The third-order valence-corrected chi connectivity index (χ3v) is 5.71. The summed E-state index contributed by atoms with van der Waals surface area (Å²) in [6.45, 7) is 7.33. The van der Waals surface area contributed by atoms with Crippen LogP contribution in [0, 0.1) is 13.8 Å². The van der Waals surface area contributed by atoms with E-state index in [4.69, 9.17) is 4.74 Å². The molecule has 0 aromatic heterocycles. The summed E-state index contributed by atoms with van der Waals surface area (Å²) >= 11 is 0. The SMILES string of the molecule is CNCc1cc(C)c(C)c(S(=O)(=O)NC2(C)CCOC2)c1. The number of ether oxygens (including phenoxy) is 1. The standard InChI is InChI=1S/C15H24N2O3S/c1-11-7-13(9-16-4)8-14(12(11)2)21(18,19)17-15(3)5-6-20-10-15/h7-8,16-17H,5-6,9-10H2,1-4H3. The second-order valence-electron chi connectivity index (χ2n) is 6.03. The summed E-state index contributed by atoms with van der Waals surface area (Å²) in [5.41, 5.74) is 2.23. The summed E-state index contributed by atoms with van der Waals surface area (Å²) in [6.07, 6.45) is 0.695. The van der Waals surface area contributed by atoms with E-state index in [1.165, 1.54) is 0 Å². The molecule has 0 amide bonds. The van der Waals surface area contributed by atoms with Crippen LogP contribution in [0.25, 0.3) is 0 Å². The lowest BCUT2D eigenvalue weighted by atomic mass is 10.0. The van der Waals surface area contributed by atoms with E-state index < -0.39 is 15.6 Å². The second kappa shape index (κ2) is 6.04. The number of sulfonamides is 1. The molecule has 1 aromatic carbocycles. The lowest BCUT2D eigenvalue weighted by Gasteiger charge is -2.24. The molecule has 0 aliphatic carbocycles. The van der Waals surface area contributed by atoms with Gasteiger partial charge in [-0.15, -0.1) is 0 Å². The average Bonchev–Trinajstić information content (AvgIpc) is 2.79. The molecule has 0 saturated carbocycles. The molecule has 1 aliphatic rings. The molecule has 5 nitrogen and oxygen atoms in total. The number of benzene rings is 1. The Kier molecular flexibility index (Phi) is 4.72. The van der Waals surface area contributed by atoms with Crippen molar-refractivity contribution < 1.29 is 13.2 Å². The lowest BCUT2D eigenvalue weighted by Crippen LogP contribution is -2.46. The summed E-state index contributed by atoms with van der Waals surface area (Å²) in [6, 6.07) is 3.77. The number of nitrogens with one attached hydrogen (secondary N) is 2. The highest BCUT2D eigenvalue weighted by Gasteiger charge is 2.35. The fourth-order valence-corrected chi connectivity index (χ4v) is 4.40. The molecule has 1 atom stereocenters. The lowest BCUT2D eigenvalue weighted by molar-refractivity contribution is 0.178. The van der Waals surface area contributed by atoms with Gasteiger partial charge in [0.25, 0.3) is 0 Å². The number of hydrogen-bond donors (Lipinski definition) is 2. The molecule has 2 N–H and O–H groups in total. The summed E-state index contributed by atoms with van der Waals surface area (Å²) in [5.74, 6) is 0. The Balaban J connectivity index is 2.39. The van der Waals surface area contributed by atoms with Crippen molar-refractivity contribution in [1.82, 2.24) is 10.0 Å². The Hall–Kier alpha value is -0.950.